The zero-order valence-corrected chi connectivity index (χ0v) is 11.1. The normalized spacial score (nSPS) is 22.6. The first kappa shape index (κ1) is 12.2. The van der Waals surface area contributed by atoms with E-state index in [2.05, 4.69) is 23.4 Å². The molecule has 0 aromatic heterocycles. The third kappa shape index (κ3) is 1.91. The molecular formula is C15H17N2O2. The van der Waals surface area contributed by atoms with Gasteiger partial charge in [-0.2, -0.15) is 0 Å². The summed E-state index contributed by atoms with van der Waals surface area (Å²) < 4.78 is 0. The number of hydrogen-bond acceptors (Lipinski definition) is 3. The van der Waals surface area contributed by atoms with Crippen molar-refractivity contribution in [3.63, 3.8) is 0 Å². The third-order valence-electron chi connectivity index (χ3n) is 4.37. The van der Waals surface area contributed by atoms with Crippen LogP contribution < -0.4 is 0 Å². The number of piperidine rings is 1. The maximum absolute atomic E-state index is 10.7. The SMILES string of the molecule is CO/N=C1/CC2(CCN([C]=O)CC2)c2ccccc21. The fourth-order valence-corrected chi connectivity index (χ4v) is 3.37. The van der Waals surface area contributed by atoms with Gasteiger partial charge < -0.3 is 9.74 Å². The largest absolute Gasteiger partial charge is 0.399 e. The summed E-state index contributed by atoms with van der Waals surface area (Å²) in [4.78, 5) is 17.4. The van der Waals surface area contributed by atoms with Crippen LogP contribution in [0.25, 0.3) is 0 Å². The molecule has 1 aromatic rings. The number of amides is 1. The van der Waals surface area contributed by atoms with E-state index in [1.54, 1.807) is 12.0 Å². The van der Waals surface area contributed by atoms with E-state index in [9.17, 15) is 4.79 Å². The van der Waals surface area contributed by atoms with Gasteiger partial charge in [0.15, 0.2) is 0 Å². The van der Waals surface area contributed by atoms with Crippen molar-refractivity contribution in [3.8, 4) is 0 Å². The first-order chi connectivity index (χ1) is 9.29. The second-order valence-corrected chi connectivity index (χ2v) is 5.30. The monoisotopic (exact) mass is 257 g/mol. The Hall–Kier alpha value is -1.84. The molecule has 1 aliphatic heterocycles. The van der Waals surface area contributed by atoms with Crippen LogP contribution in [0.3, 0.4) is 0 Å². The van der Waals surface area contributed by atoms with Gasteiger partial charge in [-0.3, -0.25) is 4.79 Å². The van der Waals surface area contributed by atoms with Crippen LogP contribution in [0.5, 0.6) is 0 Å². The molecule has 2 aliphatic rings. The molecule has 1 radical (unpaired) electrons. The molecule has 99 valence electrons. The lowest BCUT2D eigenvalue weighted by Gasteiger charge is -2.37. The lowest BCUT2D eigenvalue weighted by atomic mass is 9.74. The minimum atomic E-state index is 0.126. The van der Waals surface area contributed by atoms with Crippen LogP contribution in [-0.2, 0) is 15.0 Å². The van der Waals surface area contributed by atoms with E-state index in [1.807, 2.05) is 12.5 Å². The van der Waals surface area contributed by atoms with Gasteiger partial charge in [0.05, 0.1) is 5.71 Å². The van der Waals surface area contributed by atoms with Crippen molar-refractivity contribution in [1.29, 1.82) is 0 Å². The second-order valence-electron chi connectivity index (χ2n) is 5.30. The molecule has 1 saturated heterocycles. The van der Waals surface area contributed by atoms with Crippen LogP contribution in [0, 0.1) is 0 Å². The van der Waals surface area contributed by atoms with E-state index in [0.717, 1.165) is 38.1 Å². The number of benzene rings is 1. The molecule has 0 saturated carbocycles. The summed E-state index contributed by atoms with van der Waals surface area (Å²) in [5.74, 6) is 0. The summed E-state index contributed by atoms with van der Waals surface area (Å²) in [5, 5.41) is 4.18. The average molecular weight is 257 g/mol. The number of oxime groups is 1. The molecule has 1 aliphatic carbocycles. The standard InChI is InChI=1S/C15H17N2O2/c1-19-16-14-10-15(6-8-17(11-18)9-7-15)13-5-3-2-4-12(13)14/h2-5H,6-10H2,1H3/b16-14-. The number of carbonyl (C=O) groups excluding carboxylic acids is 1. The van der Waals surface area contributed by atoms with Crippen LogP contribution in [0.2, 0.25) is 0 Å². The summed E-state index contributed by atoms with van der Waals surface area (Å²) in [6.07, 6.45) is 4.86. The third-order valence-corrected chi connectivity index (χ3v) is 4.37. The summed E-state index contributed by atoms with van der Waals surface area (Å²) in [6, 6.07) is 8.42. The van der Waals surface area contributed by atoms with Gasteiger partial charge in [0, 0.05) is 30.5 Å². The van der Waals surface area contributed by atoms with Gasteiger partial charge >= 0.3 is 6.41 Å². The lowest BCUT2D eigenvalue weighted by Crippen LogP contribution is -2.41. The van der Waals surface area contributed by atoms with Crippen molar-refractivity contribution in [2.75, 3.05) is 20.2 Å². The molecule has 3 rings (SSSR count). The topological polar surface area (TPSA) is 41.9 Å². The van der Waals surface area contributed by atoms with Crippen molar-refractivity contribution in [1.82, 2.24) is 4.90 Å². The fraction of sp³-hybridized carbons (Fsp3) is 0.467. The molecular weight excluding hydrogens is 240 g/mol. The van der Waals surface area contributed by atoms with Gasteiger partial charge in [-0.15, -0.1) is 0 Å². The maximum atomic E-state index is 10.7. The summed E-state index contributed by atoms with van der Waals surface area (Å²) in [7, 11) is 1.59. The zero-order chi connectivity index (χ0) is 13.3. The van der Waals surface area contributed by atoms with Crippen molar-refractivity contribution >= 4 is 12.1 Å². The van der Waals surface area contributed by atoms with Crippen LogP contribution in [0.4, 0.5) is 0 Å². The smallest absolute Gasteiger partial charge is 0.312 e. The van der Waals surface area contributed by atoms with E-state index < -0.39 is 0 Å². The number of fused-ring (bicyclic) bond motifs is 2. The molecule has 1 spiro atoms. The zero-order valence-electron chi connectivity index (χ0n) is 11.1. The highest BCUT2D eigenvalue weighted by molar-refractivity contribution is 6.05. The van der Waals surface area contributed by atoms with E-state index in [1.165, 1.54) is 11.1 Å². The minimum absolute atomic E-state index is 0.126. The maximum Gasteiger partial charge on any atom is 0.312 e. The molecule has 4 nitrogen and oxygen atoms in total. The number of rotatable bonds is 2. The number of likely N-dealkylation sites (tertiary alicyclic amines) is 1. The lowest BCUT2D eigenvalue weighted by molar-refractivity contribution is 0.207. The Morgan fingerprint density at radius 1 is 1.32 bits per heavy atom. The van der Waals surface area contributed by atoms with Gasteiger partial charge in [-0.25, -0.2) is 0 Å². The van der Waals surface area contributed by atoms with Gasteiger partial charge in [-0.05, 0) is 18.4 Å². The average Bonchev–Trinajstić information content (AvgIpc) is 2.75. The minimum Gasteiger partial charge on any atom is -0.399 e. The van der Waals surface area contributed by atoms with Crippen LogP contribution >= 0.6 is 0 Å². The highest BCUT2D eigenvalue weighted by Gasteiger charge is 2.44. The van der Waals surface area contributed by atoms with E-state index in [-0.39, 0.29) is 5.41 Å². The molecule has 0 bridgehead atoms. The Balaban J connectivity index is 1.97. The van der Waals surface area contributed by atoms with Gasteiger partial charge in [-0.1, -0.05) is 29.4 Å². The molecule has 1 heterocycles. The van der Waals surface area contributed by atoms with Crippen LogP contribution in [0.15, 0.2) is 29.4 Å². The Labute approximate surface area is 113 Å². The summed E-state index contributed by atoms with van der Waals surface area (Å²) >= 11 is 0. The first-order valence-corrected chi connectivity index (χ1v) is 6.62. The molecule has 19 heavy (non-hydrogen) atoms. The molecule has 0 N–H and O–H groups in total. The Morgan fingerprint density at radius 3 is 2.74 bits per heavy atom. The molecule has 1 amide bonds. The predicted octanol–water partition coefficient (Wildman–Crippen LogP) is 1.84. The van der Waals surface area contributed by atoms with E-state index >= 15 is 0 Å². The van der Waals surface area contributed by atoms with Gasteiger partial charge in [0.1, 0.15) is 7.11 Å². The molecule has 0 atom stereocenters. The molecule has 1 aromatic carbocycles. The number of nitrogens with zero attached hydrogens (tertiary/aromatic N) is 2. The number of hydrogen-bond donors (Lipinski definition) is 0. The fourth-order valence-electron chi connectivity index (χ4n) is 3.37. The summed E-state index contributed by atoms with van der Waals surface area (Å²) in [5.41, 5.74) is 3.72. The van der Waals surface area contributed by atoms with Crippen LogP contribution in [0.1, 0.15) is 30.4 Å². The molecule has 1 fully saturated rings. The van der Waals surface area contributed by atoms with Gasteiger partial charge in [0.25, 0.3) is 0 Å². The Kier molecular flexibility index (Phi) is 3.01. The first-order valence-electron chi connectivity index (χ1n) is 6.62. The summed E-state index contributed by atoms with van der Waals surface area (Å²) in [6.45, 7) is 1.55. The van der Waals surface area contributed by atoms with E-state index in [0.29, 0.717) is 0 Å². The van der Waals surface area contributed by atoms with Crippen molar-refractivity contribution in [3.05, 3.63) is 35.4 Å². The quantitative estimate of drug-likeness (QED) is 0.759. The highest BCUT2D eigenvalue weighted by atomic mass is 16.6. The van der Waals surface area contributed by atoms with Crippen molar-refractivity contribution in [2.24, 2.45) is 5.16 Å². The van der Waals surface area contributed by atoms with Crippen LogP contribution in [-0.4, -0.2) is 37.2 Å². The molecule has 4 heteroatoms. The van der Waals surface area contributed by atoms with Crippen molar-refractivity contribution in [2.45, 2.75) is 24.7 Å². The Morgan fingerprint density at radius 2 is 2.05 bits per heavy atom. The van der Waals surface area contributed by atoms with Crippen molar-refractivity contribution < 1.29 is 9.63 Å². The van der Waals surface area contributed by atoms with Gasteiger partial charge in [0.2, 0.25) is 0 Å². The Bertz CT molecular complexity index is 517. The van der Waals surface area contributed by atoms with E-state index in [4.69, 9.17) is 4.84 Å². The highest BCUT2D eigenvalue weighted by Crippen LogP contribution is 2.46. The second kappa shape index (κ2) is 4.68. The molecule has 0 unspecified atom stereocenters. The predicted molar refractivity (Wildman–Crippen MR) is 72.8 cm³/mol.